The van der Waals surface area contributed by atoms with E-state index in [1.54, 1.807) is 7.11 Å². The van der Waals surface area contributed by atoms with Crippen LogP contribution in [-0.4, -0.2) is 33.3 Å². The minimum Gasteiger partial charge on any atom is -0.496 e. The minimum atomic E-state index is -0.455. The molecule has 0 spiro atoms. The van der Waals surface area contributed by atoms with E-state index in [2.05, 4.69) is 0 Å². The SMILES string of the molecule is COC1=C2COC(=O)C2C(c2ccc3c(c2)OCO3)c2cc3c(cc21)OCO3. The number of rotatable bonds is 2. The van der Waals surface area contributed by atoms with E-state index in [4.69, 9.17) is 28.4 Å². The van der Waals surface area contributed by atoms with Crippen LogP contribution in [0.4, 0.5) is 0 Å². The van der Waals surface area contributed by atoms with Gasteiger partial charge in [0.2, 0.25) is 13.6 Å². The van der Waals surface area contributed by atoms with Crippen LogP contribution in [0.5, 0.6) is 23.0 Å². The zero-order chi connectivity index (χ0) is 18.8. The summed E-state index contributed by atoms with van der Waals surface area (Å²) in [5, 5.41) is 0. The Hall–Kier alpha value is -3.35. The second-order valence-electron chi connectivity index (χ2n) is 7.03. The molecule has 1 saturated heterocycles. The molecule has 0 radical (unpaired) electrons. The van der Waals surface area contributed by atoms with Gasteiger partial charge in [0.15, 0.2) is 23.0 Å². The Labute approximate surface area is 160 Å². The molecule has 2 aromatic carbocycles. The fourth-order valence-corrected chi connectivity index (χ4v) is 4.50. The average molecular weight is 380 g/mol. The van der Waals surface area contributed by atoms with Gasteiger partial charge in [-0.15, -0.1) is 0 Å². The molecule has 3 aliphatic heterocycles. The van der Waals surface area contributed by atoms with Crippen molar-refractivity contribution in [1.82, 2.24) is 0 Å². The van der Waals surface area contributed by atoms with E-state index in [9.17, 15) is 4.79 Å². The molecule has 0 bridgehead atoms. The Morgan fingerprint density at radius 3 is 2.36 bits per heavy atom. The molecular weight excluding hydrogens is 364 g/mol. The first-order valence-electron chi connectivity index (χ1n) is 9.01. The summed E-state index contributed by atoms with van der Waals surface area (Å²) < 4.78 is 33.2. The summed E-state index contributed by atoms with van der Waals surface area (Å²) in [6.07, 6.45) is 0. The maximum atomic E-state index is 12.7. The smallest absolute Gasteiger partial charge is 0.314 e. The van der Waals surface area contributed by atoms with Crippen LogP contribution in [0.25, 0.3) is 5.76 Å². The molecule has 0 aromatic heterocycles. The van der Waals surface area contributed by atoms with Crippen LogP contribution in [0.2, 0.25) is 0 Å². The Morgan fingerprint density at radius 1 is 0.857 bits per heavy atom. The largest absolute Gasteiger partial charge is 0.496 e. The summed E-state index contributed by atoms with van der Waals surface area (Å²) >= 11 is 0. The van der Waals surface area contributed by atoms with Crippen LogP contribution in [-0.2, 0) is 14.3 Å². The van der Waals surface area contributed by atoms with Gasteiger partial charge in [-0.1, -0.05) is 6.07 Å². The monoisotopic (exact) mass is 380 g/mol. The minimum absolute atomic E-state index is 0.178. The van der Waals surface area contributed by atoms with Gasteiger partial charge < -0.3 is 28.4 Å². The van der Waals surface area contributed by atoms with Crippen molar-refractivity contribution in [2.24, 2.45) is 5.92 Å². The van der Waals surface area contributed by atoms with E-state index in [-0.39, 0.29) is 32.1 Å². The first-order chi connectivity index (χ1) is 13.7. The van der Waals surface area contributed by atoms with Gasteiger partial charge in [-0.2, -0.15) is 0 Å². The van der Waals surface area contributed by atoms with Crippen molar-refractivity contribution in [1.29, 1.82) is 0 Å². The summed E-state index contributed by atoms with van der Waals surface area (Å²) in [5.41, 5.74) is 3.62. The lowest BCUT2D eigenvalue weighted by atomic mass is 9.71. The fraction of sp³-hybridized carbons (Fsp3) is 0.286. The molecule has 0 N–H and O–H groups in total. The van der Waals surface area contributed by atoms with Crippen molar-refractivity contribution < 1.29 is 33.2 Å². The van der Waals surface area contributed by atoms with Gasteiger partial charge in [0.1, 0.15) is 12.4 Å². The molecular formula is C21H16O7. The third-order valence-electron chi connectivity index (χ3n) is 5.71. The van der Waals surface area contributed by atoms with Crippen molar-refractivity contribution in [3.05, 3.63) is 52.6 Å². The third-order valence-corrected chi connectivity index (χ3v) is 5.71. The second-order valence-corrected chi connectivity index (χ2v) is 7.03. The predicted octanol–water partition coefficient (Wildman–Crippen LogP) is 2.82. The number of carbonyl (C=O) groups is 1. The van der Waals surface area contributed by atoms with Crippen molar-refractivity contribution in [2.75, 3.05) is 27.3 Å². The van der Waals surface area contributed by atoms with Gasteiger partial charge in [-0.05, 0) is 35.4 Å². The van der Waals surface area contributed by atoms with Crippen LogP contribution >= 0.6 is 0 Å². The van der Waals surface area contributed by atoms with Crippen LogP contribution in [0, 0.1) is 5.92 Å². The predicted molar refractivity (Wildman–Crippen MR) is 95.4 cm³/mol. The normalized spacial score (nSPS) is 23.4. The second kappa shape index (κ2) is 5.58. The molecule has 0 saturated carbocycles. The first-order valence-corrected chi connectivity index (χ1v) is 9.01. The highest BCUT2D eigenvalue weighted by molar-refractivity contribution is 5.89. The van der Waals surface area contributed by atoms with E-state index in [1.165, 1.54) is 0 Å². The number of hydrogen-bond donors (Lipinski definition) is 0. The summed E-state index contributed by atoms with van der Waals surface area (Å²) in [6, 6.07) is 9.63. The number of ether oxygens (including phenoxy) is 6. The van der Waals surface area contributed by atoms with Crippen molar-refractivity contribution in [2.45, 2.75) is 5.92 Å². The lowest BCUT2D eigenvalue weighted by Gasteiger charge is -2.31. The van der Waals surface area contributed by atoms with Crippen molar-refractivity contribution in [3.63, 3.8) is 0 Å². The Bertz CT molecular complexity index is 1050. The van der Waals surface area contributed by atoms with Crippen LogP contribution in [0.1, 0.15) is 22.6 Å². The Kier molecular flexibility index (Phi) is 3.12. The Morgan fingerprint density at radius 2 is 1.57 bits per heavy atom. The summed E-state index contributed by atoms with van der Waals surface area (Å²) in [7, 11) is 1.61. The van der Waals surface area contributed by atoms with Crippen LogP contribution in [0.3, 0.4) is 0 Å². The molecule has 2 unspecified atom stereocenters. The fourth-order valence-electron chi connectivity index (χ4n) is 4.50. The number of cyclic esters (lactones) is 1. The third kappa shape index (κ3) is 2.01. The van der Waals surface area contributed by atoms with Crippen LogP contribution in [0.15, 0.2) is 35.9 Å². The lowest BCUT2D eigenvalue weighted by Crippen LogP contribution is -2.26. The molecule has 2 atom stereocenters. The number of benzene rings is 2. The summed E-state index contributed by atoms with van der Waals surface area (Å²) in [5.74, 6) is 2.42. The standard InChI is InChI=1S/C21H16O7/c1-23-20-12-6-17-16(27-9-28-17)5-11(12)18(19-13(20)7-24-21(19)22)10-2-3-14-15(4-10)26-8-25-14/h2-6,18-19H,7-9H2,1H3. The van der Waals surface area contributed by atoms with Gasteiger partial charge in [-0.3, -0.25) is 4.79 Å². The molecule has 142 valence electrons. The highest BCUT2D eigenvalue weighted by atomic mass is 16.7. The van der Waals surface area contributed by atoms with Gasteiger partial charge >= 0.3 is 5.97 Å². The number of hydrogen-bond acceptors (Lipinski definition) is 7. The van der Waals surface area contributed by atoms with Crippen molar-refractivity contribution >= 4 is 11.7 Å². The summed E-state index contributed by atoms with van der Waals surface area (Å²) in [6.45, 7) is 0.599. The maximum absolute atomic E-state index is 12.7. The van der Waals surface area contributed by atoms with E-state index in [0.717, 1.165) is 22.3 Å². The lowest BCUT2D eigenvalue weighted by molar-refractivity contribution is -0.141. The van der Waals surface area contributed by atoms with Gasteiger partial charge in [0.25, 0.3) is 0 Å². The average Bonchev–Trinajstić information content (AvgIpc) is 3.44. The van der Waals surface area contributed by atoms with Gasteiger partial charge in [0.05, 0.1) is 13.0 Å². The molecule has 2 aromatic rings. The van der Waals surface area contributed by atoms with Gasteiger partial charge in [-0.25, -0.2) is 0 Å². The molecule has 0 amide bonds. The molecule has 1 fully saturated rings. The topological polar surface area (TPSA) is 72.5 Å². The first kappa shape index (κ1) is 15.7. The Balaban J connectivity index is 1.60. The van der Waals surface area contributed by atoms with Crippen LogP contribution < -0.4 is 18.9 Å². The number of carbonyl (C=O) groups excluding carboxylic acids is 1. The molecule has 3 heterocycles. The highest BCUT2D eigenvalue weighted by Gasteiger charge is 2.47. The molecule has 4 aliphatic rings. The molecule has 28 heavy (non-hydrogen) atoms. The zero-order valence-electron chi connectivity index (χ0n) is 15.0. The number of esters is 1. The van der Waals surface area contributed by atoms with E-state index >= 15 is 0 Å². The molecule has 1 aliphatic carbocycles. The van der Waals surface area contributed by atoms with E-state index in [0.29, 0.717) is 28.8 Å². The van der Waals surface area contributed by atoms with E-state index < -0.39 is 5.92 Å². The molecule has 7 nitrogen and oxygen atoms in total. The van der Waals surface area contributed by atoms with Gasteiger partial charge in [0, 0.05) is 17.1 Å². The highest BCUT2D eigenvalue weighted by Crippen LogP contribution is 2.53. The van der Waals surface area contributed by atoms with Crippen molar-refractivity contribution in [3.8, 4) is 23.0 Å². The maximum Gasteiger partial charge on any atom is 0.314 e. The molecule has 7 heteroatoms. The number of fused-ring (bicyclic) bond motifs is 4. The van der Waals surface area contributed by atoms with E-state index in [1.807, 2.05) is 30.3 Å². The molecule has 6 rings (SSSR count). The quantitative estimate of drug-likeness (QED) is 0.742. The zero-order valence-corrected chi connectivity index (χ0v) is 15.0. The number of methoxy groups -OCH3 is 1. The summed E-state index contributed by atoms with van der Waals surface area (Å²) in [4.78, 5) is 12.7.